The molecule has 0 spiro atoms. The molecule has 0 aliphatic carbocycles. The third-order valence-electron chi connectivity index (χ3n) is 2.97. The lowest BCUT2D eigenvalue weighted by Crippen LogP contribution is -2.40. The summed E-state index contributed by atoms with van der Waals surface area (Å²) >= 11 is 0. The fourth-order valence-electron chi connectivity index (χ4n) is 1.98. The van der Waals surface area contributed by atoms with Crippen LogP contribution in [0.3, 0.4) is 0 Å². The minimum atomic E-state index is -3.93. The van der Waals surface area contributed by atoms with Crippen LogP contribution < -0.4 is 10.0 Å². The van der Waals surface area contributed by atoms with Gasteiger partial charge in [0.25, 0.3) is 15.9 Å². The van der Waals surface area contributed by atoms with Gasteiger partial charge in [-0.15, -0.1) is 0 Å². The number of carbonyl (C=O) groups excluding carboxylic acids is 1. The van der Waals surface area contributed by atoms with E-state index in [4.69, 9.17) is 0 Å². The molecular weight excluding hydrogens is 331 g/mol. The Kier molecular flexibility index (Phi) is 4.94. The van der Waals surface area contributed by atoms with E-state index in [2.05, 4.69) is 10.0 Å². The maximum Gasteiger partial charge on any atom is 0.261 e. The van der Waals surface area contributed by atoms with Gasteiger partial charge in [-0.25, -0.2) is 12.8 Å². The van der Waals surface area contributed by atoms with Crippen molar-refractivity contribution in [2.75, 3.05) is 4.72 Å². The van der Waals surface area contributed by atoms with Crippen molar-refractivity contribution in [2.24, 2.45) is 0 Å². The van der Waals surface area contributed by atoms with E-state index in [0.717, 1.165) is 6.07 Å². The summed E-state index contributed by atoms with van der Waals surface area (Å²) in [6.07, 6.45) is 0. The number of amides is 1. The molecule has 0 saturated heterocycles. The molecule has 0 aliphatic heterocycles. The van der Waals surface area contributed by atoms with Gasteiger partial charge >= 0.3 is 0 Å². The molecule has 24 heavy (non-hydrogen) atoms. The Morgan fingerprint density at radius 3 is 2.33 bits per heavy atom. The van der Waals surface area contributed by atoms with Crippen LogP contribution in [-0.2, 0) is 10.0 Å². The number of hydrogen-bond donors (Lipinski definition) is 2. The van der Waals surface area contributed by atoms with Gasteiger partial charge in [-0.1, -0.05) is 12.1 Å². The first kappa shape index (κ1) is 17.9. The Bertz CT molecular complexity index is 858. The molecule has 0 aliphatic rings. The van der Waals surface area contributed by atoms with Crippen molar-refractivity contribution in [1.29, 1.82) is 0 Å². The summed E-state index contributed by atoms with van der Waals surface area (Å²) in [5.74, 6) is -0.918. The van der Waals surface area contributed by atoms with Gasteiger partial charge in [0.05, 0.1) is 10.6 Å². The minimum Gasteiger partial charge on any atom is -0.347 e. The molecule has 7 heteroatoms. The van der Waals surface area contributed by atoms with Gasteiger partial charge in [-0.2, -0.15) is 0 Å². The first-order valence-corrected chi connectivity index (χ1v) is 8.76. The third kappa shape index (κ3) is 4.79. The van der Waals surface area contributed by atoms with Crippen molar-refractivity contribution >= 4 is 21.6 Å². The number of hydrogen-bond acceptors (Lipinski definition) is 3. The van der Waals surface area contributed by atoms with Crippen LogP contribution in [0.25, 0.3) is 0 Å². The molecule has 0 radical (unpaired) electrons. The first-order valence-electron chi connectivity index (χ1n) is 7.28. The van der Waals surface area contributed by atoms with Crippen LogP contribution in [0.1, 0.15) is 31.1 Å². The highest BCUT2D eigenvalue weighted by Crippen LogP contribution is 2.18. The zero-order valence-corrected chi connectivity index (χ0v) is 14.4. The van der Waals surface area contributed by atoms with E-state index in [1.165, 1.54) is 42.5 Å². The summed E-state index contributed by atoms with van der Waals surface area (Å²) in [6, 6.07) is 10.8. The molecule has 0 aromatic heterocycles. The summed E-state index contributed by atoms with van der Waals surface area (Å²) < 4.78 is 40.3. The van der Waals surface area contributed by atoms with Gasteiger partial charge in [-0.05, 0) is 57.2 Å². The Hall–Kier alpha value is -2.41. The molecule has 2 rings (SSSR count). The van der Waals surface area contributed by atoms with Crippen molar-refractivity contribution in [1.82, 2.24) is 5.32 Å². The zero-order chi connectivity index (χ0) is 18.0. The molecule has 5 nitrogen and oxygen atoms in total. The van der Waals surface area contributed by atoms with E-state index >= 15 is 0 Å². The highest BCUT2D eigenvalue weighted by molar-refractivity contribution is 7.92. The predicted molar refractivity (Wildman–Crippen MR) is 90.9 cm³/mol. The Labute approximate surface area is 141 Å². The summed E-state index contributed by atoms with van der Waals surface area (Å²) in [4.78, 5) is 12.1. The molecule has 0 fully saturated rings. The van der Waals surface area contributed by atoms with E-state index in [1.54, 1.807) is 0 Å². The molecule has 2 aromatic carbocycles. The van der Waals surface area contributed by atoms with E-state index in [-0.39, 0.29) is 22.1 Å². The lowest BCUT2D eigenvalue weighted by atomic mass is 10.1. The van der Waals surface area contributed by atoms with Crippen LogP contribution in [0, 0.1) is 5.82 Å². The topological polar surface area (TPSA) is 75.3 Å². The highest BCUT2D eigenvalue weighted by atomic mass is 32.2. The van der Waals surface area contributed by atoms with Crippen LogP contribution in [0.15, 0.2) is 53.4 Å². The SMILES string of the molecule is CC(C)(C)NC(=O)c1cccc(S(=O)(=O)Nc2cccc(F)c2)c1. The summed E-state index contributed by atoms with van der Waals surface area (Å²) in [5.41, 5.74) is -0.0993. The maximum atomic E-state index is 13.2. The third-order valence-corrected chi connectivity index (χ3v) is 4.35. The van der Waals surface area contributed by atoms with Crippen molar-refractivity contribution in [2.45, 2.75) is 31.2 Å². The molecule has 2 aromatic rings. The molecule has 128 valence electrons. The second-order valence-corrected chi connectivity index (χ2v) is 8.03. The molecule has 1 amide bonds. The molecular formula is C17H19FN2O3S. The number of sulfonamides is 1. The highest BCUT2D eigenvalue weighted by Gasteiger charge is 2.19. The van der Waals surface area contributed by atoms with Gasteiger partial charge in [0.15, 0.2) is 0 Å². The van der Waals surface area contributed by atoms with Crippen molar-refractivity contribution in [3.63, 3.8) is 0 Å². The number of benzene rings is 2. The molecule has 0 heterocycles. The van der Waals surface area contributed by atoms with Crippen LogP contribution in [0.4, 0.5) is 10.1 Å². The molecule has 0 atom stereocenters. The van der Waals surface area contributed by atoms with Crippen LogP contribution >= 0.6 is 0 Å². The smallest absolute Gasteiger partial charge is 0.261 e. The second kappa shape index (κ2) is 6.60. The lowest BCUT2D eigenvalue weighted by Gasteiger charge is -2.20. The minimum absolute atomic E-state index is 0.0756. The molecule has 0 bridgehead atoms. The second-order valence-electron chi connectivity index (χ2n) is 6.35. The van der Waals surface area contributed by atoms with Crippen LogP contribution in [-0.4, -0.2) is 19.9 Å². The van der Waals surface area contributed by atoms with Crippen molar-refractivity contribution in [3.05, 3.63) is 59.9 Å². The van der Waals surface area contributed by atoms with E-state index in [0.29, 0.717) is 0 Å². The quantitative estimate of drug-likeness (QED) is 0.889. The Balaban J connectivity index is 2.28. The van der Waals surface area contributed by atoms with Gasteiger partial charge < -0.3 is 5.32 Å². The van der Waals surface area contributed by atoms with Gasteiger partial charge in [0.2, 0.25) is 0 Å². The van der Waals surface area contributed by atoms with E-state index < -0.39 is 21.4 Å². The zero-order valence-electron chi connectivity index (χ0n) is 13.6. The van der Waals surface area contributed by atoms with Gasteiger partial charge in [-0.3, -0.25) is 9.52 Å². The molecule has 0 saturated carbocycles. The fourth-order valence-corrected chi connectivity index (χ4v) is 3.08. The summed E-state index contributed by atoms with van der Waals surface area (Å²) in [7, 11) is -3.93. The lowest BCUT2D eigenvalue weighted by molar-refractivity contribution is 0.0919. The normalized spacial score (nSPS) is 11.8. The average molecular weight is 350 g/mol. The first-order chi connectivity index (χ1) is 11.1. The Morgan fingerprint density at radius 1 is 1.04 bits per heavy atom. The number of carbonyl (C=O) groups is 1. The van der Waals surface area contributed by atoms with Gasteiger partial charge in [0.1, 0.15) is 5.82 Å². The van der Waals surface area contributed by atoms with Crippen LogP contribution in [0.2, 0.25) is 0 Å². The van der Waals surface area contributed by atoms with Crippen LogP contribution in [0.5, 0.6) is 0 Å². The molecule has 0 unspecified atom stereocenters. The monoisotopic (exact) mass is 350 g/mol. The summed E-state index contributed by atoms with van der Waals surface area (Å²) in [6.45, 7) is 5.49. The van der Waals surface area contributed by atoms with Crippen molar-refractivity contribution in [3.8, 4) is 0 Å². The predicted octanol–water partition coefficient (Wildman–Crippen LogP) is 3.15. The standard InChI is InChI=1S/C17H19FN2O3S/c1-17(2,3)19-16(21)12-6-4-9-15(10-12)24(22,23)20-14-8-5-7-13(18)11-14/h4-11,20H,1-3H3,(H,19,21). The number of halogens is 1. The van der Waals surface area contributed by atoms with Crippen molar-refractivity contribution < 1.29 is 17.6 Å². The number of anilines is 1. The summed E-state index contributed by atoms with van der Waals surface area (Å²) in [5, 5.41) is 2.77. The van der Waals surface area contributed by atoms with Gasteiger partial charge in [0, 0.05) is 11.1 Å². The van der Waals surface area contributed by atoms with E-state index in [1.807, 2.05) is 20.8 Å². The average Bonchev–Trinajstić information content (AvgIpc) is 2.45. The fraction of sp³-hybridized carbons (Fsp3) is 0.235. The number of nitrogens with one attached hydrogen (secondary N) is 2. The number of rotatable bonds is 4. The van der Waals surface area contributed by atoms with E-state index in [9.17, 15) is 17.6 Å². The largest absolute Gasteiger partial charge is 0.347 e. The molecule has 2 N–H and O–H groups in total. The maximum absolute atomic E-state index is 13.2. The Morgan fingerprint density at radius 2 is 1.71 bits per heavy atom.